The molecule has 1 fully saturated rings. The van der Waals surface area contributed by atoms with E-state index in [9.17, 15) is 0 Å². The zero-order chi connectivity index (χ0) is 8.93. The van der Waals surface area contributed by atoms with Crippen LogP contribution in [0.4, 0.5) is 0 Å². The van der Waals surface area contributed by atoms with E-state index in [1.165, 1.54) is 0 Å². The van der Waals surface area contributed by atoms with Crippen LogP contribution in [0.15, 0.2) is 16.8 Å². The van der Waals surface area contributed by atoms with Crippen LogP contribution in [0.5, 0.6) is 0 Å². The largest absolute Gasteiger partial charge is 0.474 e. The minimum absolute atomic E-state index is 0.468. The van der Waals surface area contributed by atoms with Crippen molar-refractivity contribution in [1.82, 2.24) is 4.90 Å². The first-order chi connectivity index (χ1) is 6.45. The highest BCUT2D eigenvalue weighted by Crippen LogP contribution is 2.06. The molecular formula is C9H14N2O2. The van der Waals surface area contributed by atoms with E-state index in [0.717, 1.165) is 38.6 Å². The van der Waals surface area contributed by atoms with Crippen LogP contribution in [-0.4, -0.2) is 50.7 Å². The lowest BCUT2D eigenvalue weighted by molar-refractivity contribution is 0.0341. The molecule has 0 aliphatic carbocycles. The summed E-state index contributed by atoms with van der Waals surface area (Å²) in [6, 6.07) is 0. The van der Waals surface area contributed by atoms with Crippen LogP contribution in [0.2, 0.25) is 0 Å². The lowest BCUT2D eigenvalue weighted by atomic mass is 10.3. The summed E-state index contributed by atoms with van der Waals surface area (Å²) in [7, 11) is 0. The Morgan fingerprint density at radius 3 is 2.92 bits per heavy atom. The second kappa shape index (κ2) is 4.39. The van der Waals surface area contributed by atoms with Gasteiger partial charge in [-0.25, -0.2) is 0 Å². The standard InChI is InChI=1S/C9H14N2O2/c1-2-10-8-13-9(1)7-11-3-5-12-6-4-11/h1-2H,3-8H2. The van der Waals surface area contributed by atoms with Crippen molar-refractivity contribution in [1.29, 1.82) is 0 Å². The Morgan fingerprint density at radius 1 is 1.38 bits per heavy atom. The fourth-order valence-corrected chi connectivity index (χ4v) is 1.43. The van der Waals surface area contributed by atoms with Crippen molar-refractivity contribution in [2.24, 2.45) is 4.99 Å². The van der Waals surface area contributed by atoms with Gasteiger partial charge in [0.1, 0.15) is 5.76 Å². The first-order valence-electron chi connectivity index (χ1n) is 4.57. The fraction of sp³-hybridized carbons (Fsp3) is 0.667. The number of hydrogen-bond donors (Lipinski definition) is 0. The van der Waals surface area contributed by atoms with Crippen molar-refractivity contribution in [2.45, 2.75) is 0 Å². The van der Waals surface area contributed by atoms with E-state index >= 15 is 0 Å². The molecule has 4 nitrogen and oxygen atoms in total. The SMILES string of the molecule is C1=NCOC(CN2CCOCC2)=C1. The van der Waals surface area contributed by atoms with Crippen LogP contribution in [-0.2, 0) is 9.47 Å². The Morgan fingerprint density at radius 2 is 2.23 bits per heavy atom. The second-order valence-electron chi connectivity index (χ2n) is 3.13. The fourth-order valence-electron chi connectivity index (χ4n) is 1.43. The third kappa shape index (κ3) is 2.54. The highest BCUT2D eigenvalue weighted by molar-refractivity contribution is 5.72. The maximum absolute atomic E-state index is 5.36. The Labute approximate surface area is 77.8 Å². The summed E-state index contributed by atoms with van der Waals surface area (Å²) in [6.07, 6.45) is 3.73. The number of nitrogens with zero attached hydrogens (tertiary/aromatic N) is 2. The van der Waals surface area contributed by atoms with E-state index < -0.39 is 0 Å². The summed E-state index contributed by atoms with van der Waals surface area (Å²) in [5.74, 6) is 1.01. The summed E-state index contributed by atoms with van der Waals surface area (Å²) < 4.78 is 10.6. The minimum atomic E-state index is 0.468. The van der Waals surface area contributed by atoms with Crippen LogP contribution < -0.4 is 0 Å². The van der Waals surface area contributed by atoms with E-state index in [1.807, 2.05) is 6.08 Å². The molecule has 0 aromatic heterocycles. The zero-order valence-corrected chi connectivity index (χ0v) is 7.61. The summed E-state index contributed by atoms with van der Waals surface area (Å²) in [4.78, 5) is 6.28. The molecule has 0 saturated carbocycles. The van der Waals surface area contributed by atoms with E-state index in [2.05, 4.69) is 9.89 Å². The number of rotatable bonds is 2. The van der Waals surface area contributed by atoms with Gasteiger partial charge in [0.15, 0.2) is 6.73 Å². The molecule has 0 amide bonds. The molecule has 0 N–H and O–H groups in total. The lowest BCUT2D eigenvalue weighted by Crippen LogP contribution is -2.37. The molecule has 13 heavy (non-hydrogen) atoms. The topological polar surface area (TPSA) is 34.1 Å². The predicted molar refractivity (Wildman–Crippen MR) is 49.8 cm³/mol. The van der Waals surface area contributed by atoms with Gasteiger partial charge in [-0.05, 0) is 6.08 Å². The first-order valence-corrected chi connectivity index (χ1v) is 4.57. The summed E-state index contributed by atoms with van der Waals surface area (Å²) in [5.41, 5.74) is 0. The Balaban J connectivity index is 1.82. The summed E-state index contributed by atoms with van der Waals surface area (Å²) >= 11 is 0. The Hall–Kier alpha value is -0.870. The van der Waals surface area contributed by atoms with Gasteiger partial charge in [0.2, 0.25) is 0 Å². The highest BCUT2D eigenvalue weighted by atomic mass is 16.5. The maximum atomic E-state index is 5.36. The molecule has 2 aliphatic rings. The molecule has 0 bridgehead atoms. The monoisotopic (exact) mass is 182 g/mol. The number of ether oxygens (including phenoxy) is 2. The van der Waals surface area contributed by atoms with Crippen LogP contribution in [0.25, 0.3) is 0 Å². The van der Waals surface area contributed by atoms with E-state index in [0.29, 0.717) is 6.73 Å². The van der Waals surface area contributed by atoms with Gasteiger partial charge in [0, 0.05) is 19.3 Å². The molecule has 72 valence electrons. The van der Waals surface area contributed by atoms with Crippen LogP contribution >= 0.6 is 0 Å². The molecule has 0 spiro atoms. The smallest absolute Gasteiger partial charge is 0.178 e. The van der Waals surface area contributed by atoms with Crippen LogP contribution in [0, 0.1) is 0 Å². The molecule has 0 unspecified atom stereocenters. The molecule has 0 aromatic rings. The second-order valence-corrected chi connectivity index (χ2v) is 3.13. The van der Waals surface area contributed by atoms with Crippen LogP contribution in [0.3, 0.4) is 0 Å². The number of hydrogen-bond acceptors (Lipinski definition) is 4. The maximum Gasteiger partial charge on any atom is 0.178 e. The summed E-state index contributed by atoms with van der Waals surface area (Å²) in [6.45, 7) is 5.02. The average molecular weight is 182 g/mol. The van der Waals surface area contributed by atoms with Crippen molar-refractivity contribution >= 4 is 6.21 Å². The highest BCUT2D eigenvalue weighted by Gasteiger charge is 2.12. The van der Waals surface area contributed by atoms with Gasteiger partial charge in [0.25, 0.3) is 0 Å². The van der Waals surface area contributed by atoms with Gasteiger partial charge < -0.3 is 9.47 Å². The van der Waals surface area contributed by atoms with Gasteiger partial charge in [-0.2, -0.15) is 0 Å². The molecule has 2 aliphatic heterocycles. The zero-order valence-electron chi connectivity index (χ0n) is 7.61. The third-order valence-electron chi connectivity index (χ3n) is 2.17. The van der Waals surface area contributed by atoms with Crippen molar-refractivity contribution in [3.63, 3.8) is 0 Å². The summed E-state index contributed by atoms with van der Waals surface area (Å²) in [5, 5.41) is 0. The number of aliphatic imine (C=N–C) groups is 1. The number of morpholine rings is 1. The van der Waals surface area contributed by atoms with Crippen molar-refractivity contribution in [3.05, 3.63) is 11.8 Å². The quantitative estimate of drug-likeness (QED) is 0.614. The molecule has 2 heterocycles. The van der Waals surface area contributed by atoms with Crippen molar-refractivity contribution in [2.75, 3.05) is 39.6 Å². The van der Waals surface area contributed by atoms with Crippen LogP contribution in [0.1, 0.15) is 0 Å². The van der Waals surface area contributed by atoms with Gasteiger partial charge >= 0.3 is 0 Å². The molecule has 0 aromatic carbocycles. The molecule has 0 radical (unpaired) electrons. The molecule has 4 heteroatoms. The van der Waals surface area contributed by atoms with Crippen molar-refractivity contribution in [3.8, 4) is 0 Å². The lowest BCUT2D eigenvalue weighted by Gasteiger charge is -2.27. The predicted octanol–water partition coefficient (Wildman–Crippen LogP) is 0.261. The van der Waals surface area contributed by atoms with E-state index in [1.54, 1.807) is 6.21 Å². The third-order valence-corrected chi connectivity index (χ3v) is 2.17. The molecule has 1 saturated heterocycles. The normalized spacial score (nSPS) is 23.8. The number of allylic oxidation sites excluding steroid dienone is 1. The Kier molecular flexibility index (Phi) is 2.94. The first kappa shape index (κ1) is 8.72. The van der Waals surface area contributed by atoms with E-state index in [4.69, 9.17) is 9.47 Å². The minimum Gasteiger partial charge on any atom is -0.474 e. The molecular weight excluding hydrogens is 168 g/mol. The van der Waals surface area contributed by atoms with Gasteiger partial charge in [0.05, 0.1) is 19.8 Å². The Bertz CT molecular complexity index is 220. The molecule has 2 rings (SSSR count). The van der Waals surface area contributed by atoms with Gasteiger partial charge in [-0.1, -0.05) is 0 Å². The van der Waals surface area contributed by atoms with Crippen molar-refractivity contribution < 1.29 is 9.47 Å². The van der Waals surface area contributed by atoms with Gasteiger partial charge in [-0.3, -0.25) is 9.89 Å². The van der Waals surface area contributed by atoms with E-state index in [-0.39, 0.29) is 0 Å². The average Bonchev–Trinajstić information content (AvgIpc) is 2.21. The van der Waals surface area contributed by atoms with Gasteiger partial charge in [-0.15, -0.1) is 0 Å². The molecule has 0 atom stereocenters.